The molecule has 4 heterocycles. The van der Waals surface area contributed by atoms with Gasteiger partial charge in [0.25, 0.3) is 0 Å². The van der Waals surface area contributed by atoms with E-state index in [2.05, 4.69) is 20.3 Å². The van der Waals surface area contributed by atoms with Gasteiger partial charge in [0, 0.05) is 55.9 Å². The van der Waals surface area contributed by atoms with E-state index in [1.54, 1.807) is 22.9 Å². The molecule has 1 saturated heterocycles. The SMILES string of the molecule is COCOc1cc(-c2cc3cn(C)nc3cn2)ccc1-c1ccc(C2CN(C(=O)OC(C)(C)C)C2)nn1. The van der Waals surface area contributed by atoms with Crippen LogP contribution < -0.4 is 4.74 Å². The van der Waals surface area contributed by atoms with Crippen LogP contribution in [0.3, 0.4) is 0 Å². The second-order valence-electron chi connectivity index (χ2n) is 10.1. The zero-order chi connectivity index (χ0) is 26.2. The number of carbonyl (C=O) groups excluding carboxylic acids is 1. The highest BCUT2D eigenvalue weighted by molar-refractivity contribution is 5.82. The quantitative estimate of drug-likeness (QED) is 0.357. The first kappa shape index (κ1) is 24.6. The van der Waals surface area contributed by atoms with Crippen LogP contribution in [0.25, 0.3) is 33.4 Å². The molecule has 0 bridgehead atoms. The third kappa shape index (κ3) is 5.39. The third-order valence-corrected chi connectivity index (χ3v) is 6.03. The Balaban J connectivity index is 1.34. The van der Waals surface area contributed by atoms with E-state index in [1.165, 1.54) is 0 Å². The lowest BCUT2D eigenvalue weighted by atomic mass is 9.96. The lowest BCUT2D eigenvalue weighted by Gasteiger charge is -2.39. The van der Waals surface area contributed by atoms with E-state index in [0.29, 0.717) is 24.5 Å². The summed E-state index contributed by atoms with van der Waals surface area (Å²) in [5.74, 6) is 0.753. The lowest BCUT2D eigenvalue weighted by Crippen LogP contribution is -2.50. The van der Waals surface area contributed by atoms with Crippen molar-refractivity contribution in [3.05, 3.63) is 54.5 Å². The number of likely N-dealkylation sites (tertiary alicyclic amines) is 1. The Morgan fingerprint density at radius 3 is 2.59 bits per heavy atom. The van der Waals surface area contributed by atoms with E-state index in [4.69, 9.17) is 14.2 Å². The molecule has 10 heteroatoms. The summed E-state index contributed by atoms with van der Waals surface area (Å²) in [5.41, 5.74) is 4.37. The number of carbonyl (C=O) groups is 1. The van der Waals surface area contributed by atoms with Crippen molar-refractivity contribution in [1.82, 2.24) is 29.9 Å². The molecule has 0 saturated carbocycles. The fraction of sp³-hybridized carbons (Fsp3) is 0.370. The average molecular weight is 503 g/mol. The minimum atomic E-state index is -0.511. The standard InChI is InChI=1S/C27H30N6O4/c1-27(2,3)37-26(34)33-14-19(15-33)21-8-9-22(30-29-21)20-7-6-17(11-25(20)36-16-35-5)23-10-18-13-32(4)31-24(18)12-28-23/h6-13,19H,14-16H2,1-5H3. The fourth-order valence-electron chi connectivity index (χ4n) is 4.19. The van der Waals surface area contributed by atoms with Crippen LogP contribution in [0.5, 0.6) is 5.75 Å². The number of methoxy groups -OCH3 is 1. The minimum Gasteiger partial charge on any atom is -0.467 e. The molecule has 0 spiro atoms. The van der Waals surface area contributed by atoms with Crippen LogP contribution >= 0.6 is 0 Å². The maximum absolute atomic E-state index is 12.2. The van der Waals surface area contributed by atoms with Gasteiger partial charge in [0.05, 0.1) is 23.3 Å². The number of hydrogen-bond donors (Lipinski definition) is 0. The van der Waals surface area contributed by atoms with Crippen LogP contribution in [-0.4, -0.2) is 68.5 Å². The molecule has 10 nitrogen and oxygen atoms in total. The zero-order valence-corrected chi connectivity index (χ0v) is 21.6. The highest BCUT2D eigenvalue weighted by Gasteiger charge is 2.35. The predicted octanol–water partition coefficient (Wildman–Crippen LogP) is 4.41. The van der Waals surface area contributed by atoms with Crippen LogP contribution in [0.1, 0.15) is 32.4 Å². The lowest BCUT2D eigenvalue weighted by molar-refractivity contribution is 0.00780. The van der Waals surface area contributed by atoms with Gasteiger partial charge in [0.15, 0.2) is 6.79 Å². The minimum absolute atomic E-state index is 0.0968. The Hall–Kier alpha value is -4.05. The van der Waals surface area contributed by atoms with Crippen molar-refractivity contribution in [2.45, 2.75) is 32.3 Å². The van der Waals surface area contributed by atoms with E-state index in [1.807, 2.05) is 70.4 Å². The molecular formula is C27H30N6O4. The van der Waals surface area contributed by atoms with Crippen LogP contribution in [0, 0.1) is 0 Å². The summed E-state index contributed by atoms with van der Waals surface area (Å²) in [4.78, 5) is 18.5. The van der Waals surface area contributed by atoms with Crippen LogP contribution in [0.15, 0.2) is 48.8 Å². The molecule has 0 unspecified atom stereocenters. The Kier molecular flexibility index (Phi) is 6.51. The van der Waals surface area contributed by atoms with Gasteiger partial charge in [0.1, 0.15) is 16.9 Å². The van der Waals surface area contributed by atoms with Gasteiger partial charge < -0.3 is 19.1 Å². The number of ether oxygens (including phenoxy) is 3. The Morgan fingerprint density at radius 2 is 1.89 bits per heavy atom. The average Bonchev–Trinajstić information content (AvgIpc) is 3.20. The van der Waals surface area contributed by atoms with Gasteiger partial charge >= 0.3 is 6.09 Å². The molecule has 1 aromatic carbocycles. The van der Waals surface area contributed by atoms with E-state index < -0.39 is 5.60 Å². The molecule has 1 aliphatic heterocycles. The van der Waals surface area contributed by atoms with Crippen LogP contribution in [0.2, 0.25) is 0 Å². The van der Waals surface area contributed by atoms with Crippen LogP contribution in [-0.2, 0) is 16.5 Å². The summed E-state index contributed by atoms with van der Waals surface area (Å²) in [6.07, 6.45) is 3.43. The first-order valence-electron chi connectivity index (χ1n) is 12.1. The van der Waals surface area contributed by atoms with E-state index in [9.17, 15) is 4.79 Å². The molecule has 0 atom stereocenters. The Labute approximate surface area is 215 Å². The monoisotopic (exact) mass is 502 g/mol. The summed E-state index contributed by atoms with van der Waals surface area (Å²) in [7, 11) is 3.47. The number of aryl methyl sites for hydroxylation is 1. The number of aromatic nitrogens is 5. The summed E-state index contributed by atoms with van der Waals surface area (Å²) >= 11 is 0. The van der Waals surface area contributed by atoms with E-state index in [0.717, 1.165) is 33.4 Å². The maximum atomic E-state index is 12.2. The topological polar surface area (TPSA) is 104 Å². The first-order chi connectivity index (χ1) is 17.7. The largest absolute Gasteiger partial charge is 0.467 e. The second kappa shape index (κ2) is 9.78. The van der Waals surface area contributed by atoms with Crippen molar-refractivity contribution in [3.63, 3.8) is 0 Å². The number of amides is 1. The number of nitrogens with zero attached hydrogens (tertiary/aromatic N) is 6. The molecule has 3 aromatic heterocycles. The number of fused-ring (bicyclic) bond motifs is 1. The third-order valence-electron chi connectivity index (χ3n) is 6.03. The molecule has 1 aliphatic rings. The van der Waals surface area contributed by atoms with Crippen molar-refractivity contribution in [3.8, 4) is 28.3 Å². The number of benzene rings is 1. The molecule has 37 heavy (non-hydrogen) atoms. The normalized spacial score (nSPS) is 14.0. The van der Waals surface area contributed by atoms with E-state index in [-0.39, 0.29) is 18.8 Å². The van der Waals surface area contributed by atoms with Crippen molar-refractivity contribution < 1.29 is 19.0 Å². The Bertz CT molecular complexity index is 1420. The van der Waals surface area contributed by atoms with Gasteiger partial charge in [-0.15, -0.1) is 0 Å². The van der Waals surface area contributed by atoms with Crippen LogP contribution in [0.4, 0.5) is 4.79 Å². The first-order valence-corrected chi connectivity index (χ1v) is 12.1. The predicted molar refractivity (Wildman–Crippen MR) is 138 cm³/mol. The van der Waals surface area contributed by atoms with Crippen molar-refractivity contribution in [2.75, 3.05) is 27.0 Å². The summed E-state index contributed by atoms with van der Waals surface area (Å²) in [6.45, 7) is 6.81. The maximum Gasteiger partial charge on any atom is 0.410 e. The van der Waals surface area contributed by atoms with Gasteiger partial charge in [-0.25, -0.2) is 4.79 Å². The fourth-order valence-corrected chi connectivity index (χ4v) is 4.19. The molecule has 4 aromatic rings. The number of hydrogen-bond acceptors (Lipinski definition) is 8. The van der Waals surface area contributed by atoms with Crippen molar-refractivity contribution in [1.29, 1.82) is 0 Å². The van der Waals surface area contributed by atoms with Crippen molar-refractivity contribution in [2.24, 2.45) is 7.05 Å². The molecule has 0 aliphatic carbocycles. The van der Waals surface area contributed by atoms with Gasteiger partial charge in [-0.05, 0) is 51.1 Å². The number of pyridine rings is 1. The van der Waals surface area contributed by atoms with E-state index >= 15 is 0 Å². The zero-order valence-electron chi connectivity index (χ0n) is 21.6. The smallest absolute Gasteiger partial charge is 0.410 e. The molecule has 192 valence electrons. The van der Waals surface area contributed by atoms with Crippen molar-refractivity contribution >= 4 is 17.0 Å². The summed E-state index contributed by atoms with van der Waals surface area (Å²) in [6, 6.07) is 11.7. The molecule has 5 rings (SSSR count). The van der Waals surface area contributed by atoms with Gasteiger partial charge in [-0.2, -0.15) is 15.3 Å². The Morgan fingerprint density at radius 1 is 1.08 bits per heavy atom. The van der Waals surface area contributed by atoms with Gasteiger partial charge in [-0.1, -0.05) is 6.07 Å². The molecular weight excluding hydrogens is 472 g/mol. The number of rotatable bonds is 6. The summed E-state index contributed by atoms with van der Waals surface area (Å²) < 4.78 is 18.2. The molecule has 0 N–H and O–H groups in total. The van der Waals surface area contributed by atoms with Gasteiger partial charge in [0.2, 0.25) is 0 Å². The van der Waals surface area contributed by atoms with Gasteiger partial charge in [-0.3, -0.25) is 9.67 Å². The highest BCUT2D eigenvalue weighted by Crippen LogP contribution is 2.34. The molecule has 1 fully saturated rings. The summed E-state index contributed by atoms with van der Waals surface area (Å²) in [5, 5.41) is 14.3. The molecule has 1 amide bonds. The molecule has 0 radical (unpaired) electrons. The second-order valence-corrected chi connectivity index (χ2v) is 10.1. The highest BCUT2D eigenvalue weighted by atomic mass is 16.7.